The summed E-state index contributed by atoms with van der Waals surface area (Å²) in [7, 11) is 2.02. The van der Waals surface area contributed by atoms with E-state index in [1.807, 2.05) is 44.4 Å². The SMILES string of the molecule is C[C@H](CO)N1C[C@H](C)[C@@H](CN(C)Cc2ccc(C(=O)Nc3ccccc3N)cc2)OCc2cn(nn2)CCCC1=O. The van der Waals surface area contributed by atoms with Crippen LogP contribution < -0.4 is 11.1 Å². The predicted molar refractivity (Wildman–Crippen MR) is 157 cm³/mol. The first-order valence-corrected chi connectivity index (χ1v) is 14.1. The first-order chi connectivity index (χ1) is 19.7. The molecule has 3 aromatic rings. The van der Waals surface area contributed by atoms with E-state index < -0.39 is 0 Å². The lowest BCUT2D eigenvalue weighted by atomic mass is 10.0. The van der Waals surface area contributed by atoms with Crippen LogP contribution in [-0.4, -0.2) is 80.6 Å². The molecule has 0 aliphatic carbocycles. The van der Waals surface area contributed by atoms with Crippen LogP contribution in [0.25, 0.3) is 0 Å². The number of amides is 2. The molecule has 11 nitrogen and oxygen atoms in total. The van der Waals surface area contributed by atoms with E-state index in [0.717, 1.165) is 11.3 Å². The molecule has 0 fully saturated rings. The number of rotatable bonds is 8. The number of para-hydroxylation sites is 2. The number of nitrogens with two attached hydrogens (primary N) is 1. The van der Waals surface area contributed by atoms with Crippen molar-refractivity contribution in [3.63, 3.8) is 0 Å². The molecule has 0 unspecified atom stereocenters. The van der Waals surface area contributed by atoms with Crippen LogP contribution in [0.15, 0.2) is 54.7 Å². The number of hydrogen-bond acceptors (Lipinski definition) is 8. The number of nitrogens with zero attached hydrogens (tertiary/aromatic N) is 5. The molecular weight excluding hydrogens is 522 g/mol. The molecule has 1 aromatic heterocycles. The number of aromatic nitrogens is 3. The standard InChI is InChI=1S/C30H41N7O4/c1-21-15-37(22(2)19-38)29(39)9-6-14-36-17-25(33-34-36)20-41-28(21)18-35(3)16-23-10-12-24(13-11-23)30(40)32-27-8-5-4-7-26(27)31/h4-5,7-8,10-13,17,21-22,28,38H,6,9,14-16,18-20,31H2,1-3H3,(H,32,40)/t21-,22+,28+/m0/s1. The van der Waals surface area contributed by atoms with Gasteiger partial charge in [-0.1, -0.05) is 36.4 Å². The second-order valence-corrected chi connectivity index (χ2v) is 10.9. The molecule has 0 saturated heterocycles. The molecule has 1 aliphatic rings. The first-order valence-electron chi connectivity index (χ1n) is 14.1. The van der Waals surface area contributed by atoms with Crippen molar-refractivity contribution in [2.45, 2.75) is 58.5 Å². The second kappa shape index (κ2) is 14.2. The Kier molecular flexibility index (Phi) is 10.4. The van der Waals surface area contributed by atoms with Gasteiger partial charge in [0.25, 0.3) is 5.91 Å². The van der Waals surface area contributed by atoms with Gasteiger partial charge in [0.2, 0.25) is 5.91 Å². The summed E-state index contributed by atoms with van der Waals surface area (Å²) >= 11 is 0. The smallest absolute Gasteiger partial charge is 0.255 e. The highest BCUT2D eigenvalue weighted by Crippen LogP contribution is 2.20. The maximum Gasteiger partial charge on any atom is 0.255 e. The summed E-state index contributed by atoms with van der Waals surface area (Å²) in [4.78, 5) is 29.7. The number of carbonyl (C=O) groups is 2. The van der Waals surface area contributed by atoms with Crippen molar-refractivity contribution >= 4 is 23.2 Å². The fraction of sp³-hybridized carbons (Fsp3) is 0.467. The van der Waals surface area contributed by atoms with Crippen molar-refractivity contribution in [3.05, 3.63) is 71.5 Å². The van der Waals surface area contributed by atoms with Crippen LogP contribution in [0.4, 0.5) is 11.4 Å². The molecule has 2 bridgehead atoms. The molecule has 2 amide bonds. The normalized spacial score (nSPS) is 19.2. The summed E-state index contributed by atoms with van der Waals surface area (Å²) in [5.41, 5.74) is 9.39. The van der Waals surface area contributed by atoms with Crippen LogP contribution >= 0.6 is 0 Å². The summed E-state index contributed by atoms with van der Waals surface area (Å²) < 4.78 is 8.11. The minimum absolute atomic E-state index is 0.00249. The molecule has 2 heterocycles. The number of aryl methyl sites for hydroxylation is 1. The highest BCUT2D eigenvalue weighted by atomic mass is 16.5. The highest BCUT2D eigenvalue weighted by Gasteiger charge is 2.28. The van der Waals surface area contributed by atoms with Gasteiger partial charge in [0, 0.05) is 44.1 Å². The second-order valence-electron chi connectivity index (χ2n) is 10.9. The lowest BCUT2D eigenvalue weighted by Gasteiger charge is -2.35. The molecule has 41 heavy (non-hydrogen) atoms. The lowest BCUT2D eigenvalue weighted by Crippen LogP contribution is -2.47. The number of nitrogens with one attached hydrogen (secondary N) is 1. The highest BCUT2D eigenvalue weighted by molar-refractivity contribution is 6.05. The van der Waals surface area contributed by atoms with Crippen LogP contribution in [-0.2, 0) is 29.2 Å². The number of likely N-dealkylation sites (N-methyl/N-ethyl adjacent to an activating group) is 1. The number of fused-ring (bicyclic) bond motifs is 2. The summed E-state index contributed by atoms with van der Waals surface area (Å²) in [6, 6.07) is 14.4. The van der Waals surface area contributed by atoms with Crippen molar-refractivity contribution in [1.29, 1.82) is 0 Å². The van der Waals surface area contributed by atoms with Gasteiger partial charge >= 0.3 is 0 Å². The Morgan fingerprint density at radius 1 is 1.24 bits per heavy atom. The number of hydrogen-bond donors (Lipinski definition) is 3. The van der Waals surface area contributed by atoms with Crippen LogP contribution in [0.3, 0.4) is 0 Å². The average Bonchev–Trinajstić information content (AvgIpc) is 3.42. The molecule has 11 heteroatoms. The van der Waals surface area contributed by atoms with Crippen molar-refractivity contribution in [1.82, 2.24) is 24.8 Å². The topological polar surface area (TPSA) is 139 Å². The zero-order valence-corrected chi connectivity index (χ0v) is 24.1. The third kappa shape index (κ3) is 8.35. The minimum atomic E-state index is -0.278. The number of ether oxygens (including phenoxy) is 1. The summed E-state index contributed by atoms with van der Waals surface area (Å²) in [6.45, 7) is 6.51. The van der Waals surface area contributed by atoms with E-state index >= 15 is 0 Å². The van der Waals surface area contributed by atoms with Gasteiger partial charge in [-0.25, -0.2) is 0 Å². The third-order valence-corrected chi connectivity index (χ3v) is 7.41. The van der Waals surface area contributed by atoms with E-state index in [0.29, 0.717) is 62.6 Å². The fourth-order valence-electron chi connectivity index (χ4n) is 4.94. The Balaban J connectivity index is 1.42. The van der Waals surface area contributed by atoms with Crippen LogP contribution in [0, 0.1) is 5.92 Å². The van der Waals surface area contributed by atoms with Crippen LogP contribution in [0.2, 0.25) is 0 Å². The number of nitrogen functional groups attached to an aromatic ring is 1. The maximum atomic E-state index is 13.1. The van der Waals surface area contributed by atoms with Gasteiger partial charge in [-0.2, -0.15) is 0 Å². The molecule has 4 N–H and O–H groups in total. The Bertz CT molecular complexity index is 1300. The quantitative estimate of drug-likeness (QED) is 0.356. The molecule has 1 aliphatic heterocycles. The van der Waals surface area contributed by atoms with E-state index in [4.69, 9.17) is 10.5 Å². The van der Waals surface area contributed by atoms with Gasteiger partial charge in [0.15, 0.2) is 0 Å². The monoisotopic (exact) mass is 563 g/mol. The van der Waals surface area contributed by atoms with Crippen molar-refractivity contribution in [2.75, 3.05) is 37.8 Å². The summed E-state index contributed by atoms with van der Waals surface area (Å²) in [5, 5.41) is 21.1. The molecule has 0 radical (unpaired) electrons. The number of aliphatic hydroxyl groups excluding tert-OH is 1. The Morgan fingerprint density at radius 2 is 2.00 bits per heavy atom. The van der Waals surface area contributed by atoms with Crippen molar-refractivity contribution in [2.24, 2.45) is 5.92 Å². The van der Waals surface area contributed by atoms with Gasteiger partial charge in [-0.05, 0) is 50.2 Å². The summed E-state index contributed by atoms with van der Waals surface area (Å²) in [6.07, 6.45) is 2.70. The van der Waals surface area contributed by atoms with Crippen LogP contribution in [0.5, 0.6) is 0 Å². The largest absolute Gasteiger partial charge is 0.397 e. The summed E-state index contributed by atoms with van der Waals surface area (Å²) in [5.74, 6) is -0.200. The van der Waals surface area contributed by atoms with Crippen molar-refractivity contribution < 1.29 is 19.4 Å². The molecule has 220 valence electrons. The number of anilines is 2. The molecule has 2 aromatic carbocycles. The van der Waals surface area contributed by atoms with Gasteiger partial charge in [0.05, 0.1) is 42.9 Å². The van der Waals surface area contributed by atoms with Crippen LogP contribution in [0.1, 0.15) is 48.3 Å². The Morgan fingerprint density at radius 3 is 2.73 bits per heavy atom. The molecule has 3 atom stereocenters. The van der Waals surface area contributed by atoms with E-state index in [-0.39, 0.29) is 36.5 Å². The number of aliphatic hydroxyl groups is 1. The van der Waals surface area contributed by atoms with Gasteiger partial charge in [-0.3, -0.25) is 19.2 Å². The number of benzene rings is 2. The van der Waals surface area contributed by atoms with E-state index in [2.05, 4.69) is 27.5 Å². The van der Waals surface area contributed by atoms with Crippen molar-refractivity contribution in [3.8, 4) is 0 Å². The zero-order valence-electron chi connectivity index (χ0n) is 24.1. The third-order valence-electron chi connectivity index (χ3n) is 7.41. The van der Waals surface area contributed by atoms with Gasteiger partial charge in [0.1, 0.15) is 5.69 Å². The van der Waals surface area contributed by atoms with E-state index in [1.165, 1.54) is 0 Å². The lowest BCUT2D eigenvalue weighted by molar-refractivity contribution is -0.136. The molecule has 0 saturated carbocycles. The minimum Gasteiger partial charge on any atom is -0.397 e. The van der Waals surface area contributed by atoms with Gasteiger partial charge in [-0.15, -0.1) is 5.10 Å². The molecule has 4 rings (SSSR count). The van der Waals surface area contributed by atoms with E-state index in [9.17, 15) is 14.7 Å². The Labute approximate surface area is 241 Å². The van der Waals surface area contributed by atoms with E-state index in [1.54, 1.807) is 33.8 Å². The Hall–Kier alpha value is -3.80. The number of carbonyl (C=O) groups excluding carboxylic acids is 2. The molecule has 0 spiro atoms. The average molecular weight is 564 g/mol. The molecular formula is C30H41N7O4. The zero-order chi connectivity index (χ0) is 29.4. The fourth-order valence-corrected chi connectivity index (χ4v) is 4.94. The predicted octanol–water partition coefficient (Wildman–Crippen LogP) is 2.77. The first kappa shape index (κ1) is 30.2. The van der Waals surface area contributed by atoms with Gasteiger partial charge < -0.3 is 25.8 Å². The maximum absolute atomic E-state index is 13.1.